The first-order valence-electron chi connectivity index (χ1n) is 6.88. The minimum absolute atomic E-state index is 0.122. The van der Waals surface area contributed by atoms with Crippen LogP contribution in [0.25, 0.3) is 0 Å². The molecule has 6 nitrogen and oxygen atoms in total. The number of aromatic amines is 1. The van der Waals surface area contributed by atoms with E-state index in [0.29, 0.717) is 18.8 Å². The van der Waals surface area contributed by atoms with E-state index in [1.807, 2.05) is 0 Å². The second-order valence-electron chi connectivity index (χ2n) is 5.31. The Bertz CT molecular complexity index is 559. The lowest BCUT2D eigenvalue weighted by atomic mass is 9.76. The van der Waals surface area contributed by atoms with Gasteiger partial charge in [0.2, 0.25) is 0 Å². The van der Waals surface area contributed by atoms with Crippen LogP contribution in [0.1, 0.15) is 49.5 Å². The molecule has 0 saturated heterocycles. The molecule has 1 aliphatic rings. The molecule has 1 aromatic heterocycles. The summed E-state index contributed by atoms with van der Waals surface area (Å²) in [7, 11) is 0. The highest BCUT2D eigenvalue weighted by Crippen LogP contribution is 2.33. The van der Waals surface area contributed by atoms with Gasteiger partial charge < -0.3 is 5.32 Å². The maximum absolute atomic E-state index is 12.1. The summed E-state index contributed by atoms with van der Waals surface area (Å²) < 4.78 is 0. The summed E-state index contributed by atoms with van der Waals surface area (Å²) in [6.07, 6.45) is 4.33. The predicted molar refractivity (Wildman–Crippen MR) is 72.9 cm³/mol. The fourth-order valence-electron chi connectivity index (χ4n) is 2.60. The van der Waals surface area contributed by atoms with Crippen molar-refractivity contribution in [3.05, 3.63) is 28.2 Å². The van der Waals surface area contributed by atoms with Crippen LogP contribution in [0.4, 0.5) is 0 Å². The van der Waals surface area contributed by atoms with Crippen LogP contribution in [-0.4, -0.2) is 21.6 Å². The highest BCUT2D eigenvalue weighted by Gasteiger charge is 2.36. The van der Waals surface area contributed by atoms with E-state index >= 15 is 0 Å². The van der Waals surface area contributed by atoms with Crippen molar-refractivity contribution >= 4 is 5.91 Å². The topological polar surface area (TPSA) is 98.6 Å². The standard InChI is InChI=1S/C14H18N4O2/c1-2-10-5-7-14(9-15,8-6-10)16-13(20)11-3-4-12(19)18-17-11/h3-4,10H,2,5-8H2,1H3,(H,16,20)(H,18,19). The number of nitrogens with one attached hydrogen (secondary N) is 2. The van der Waals surface area contributed by atoms with Gasteiger partial charge in [0.05, 0.1) is 6.07 Å². The van der Waals surface area contributed by atoms with Gasteiger partial charge in [-0.3, -0.25) is 9.59 Å². The van der Waals surface area contributed by atoms with Gasteiger partial charge in [-0.05, 0) is 37.7 Å². The minimum atomic E-state index is -0.805. The molecule has 0 aromatic carbocycles. The summed E-state index contributed by atoms with van der Waals surface area (Å²) in [6.45, 7) is 2.15. The number of carbonyl (C=O) groups excluding carboxylic acids is 1. The number of rotatable bonds is 3. The Morgan fingerprint density at radius 3 is 2.75 bits per heavy atom. The predicted octanol–water partition coefficient (Wildman–Crippen LogP) is 1.36. The molecule has 1 aliphatic carbocycles. The third-order valence-corrected chi connectivity index (χ3v) is 4.01. The molecular weight excluding hydrogens is 256 g/mol. The molecule has 0 bridgehead atoms. The van der Waals surface area contributed by atoms with Crippen LogP contribution in [0.2, 0.25) is 0 Å². The van der Waals surface area contributed by atoms with Crippen molar-refractivity contribution in [2.24, 2.45) is 5.92 Å². The molecule has 6 heteroatoms. The summed E-state index contributed by atoms with van der Waals surface area (Å²) in [4.78, 5) is 23.0. The van der Waals surface area contributed by atoms with Crippen molar-refractivity contribution < 1.29 is 4.79 Å². The first-order valence-corrected chi connectivity index (χ1v) is 6.88. The molecule has 2 N–H and O–H groups in total. The third kappa shape index (κ3) is 3.05. The van der Waals surface area contributed by atoms with Crippen molar-refractivity contribution in [3.8, 4) is 6.07 Å². The normalized spacial score (nSPS) is 25.7. The average molecular weight is 274 g/mol. The summed E-state index contributed by atoms with van der Waals surface area (Å²) >= 11 is 0. The molecule has 1 fully saturated rings. The first kappa shape index (κ1) is 14.3. The zero-order valence-electron chi connectivity index (χ0n) is 11.5. The second-order valence-corrected chi connectivity index (χ2v) is 5.31. The SMILES string of the molecule is CCC1CCC(C#N)(NC(=O)c2ccc(=O)[nH]n2)CC1. The van der Waals surface area contributed by atoms with Crippen LogP contribution in [-0.2, 0) is 0 Å². The number of H-pyrrole nitrogens is 1. The zero-order valence-corrected chi connectivity index (χ0v) is 11.5. The van der Waals surface area contributed by atoms with Gasteiger partial charge in [0, 0.05) is 6.07 Å². The molecule has 0 atom stereocenters. The molecule has 20 heavy (non-hydrogen) atoms. The largest absolute Gasteiger partial charge is 0.332 e. The Morgan fingerprint density at radius 1 is 1.55 bits per heavy atom. The lowest BCUT2D eigenvalue weighted by Crippen LogP contribution is -2.50. The number of hydrogen-bond acceptors (Lipinski definition) is 4. The second kappa shape index (κ2) is 5.87. The molecular formula is C14H18N4O2. The molecule has 1 amide bonds. The number of hydrogen-bond donors (Lipinski definition) is 2. The molecule has 106 valence electrons. The van der Waals surface area contributed by atoms with E-state index < -0.39 is 11.4 Å². The Morgan fingerprint density at radius 2 is 2.25 bits per heavy atom. The van der Waals surface area contributed by atoms with Crippen LogP contribution in [0.3, 0.4) is 0 Å². The Labute approximate surface area is 117 Å². The molecule has 0 unspecified atom stereocenters. The molecule has 1 heterocycles. The van der Waals surface area contributed by atoms with Gasteiger partial charge in [0.15, 0.2) is 0 Å². The Kier molecular flexibility index (Phi) is 4.18. The van der Waals surface area contributed by atoms with Crippen molar-refractivity contribution in [2.75, 3.05) is 0 Å². The van der Waals surface area contributed by atoms with E-state index in [1.165, 1.54) is 12.1 Å². The highest BCUT2D eigenvalue weighted by atomic mass is 16.2. The number of aromatic nitrogens is 2. The van der Waals surface area contributed by atoms with Gasteiger partial charge in [-0.25, -0.2) is 5.10 Å². The van der Waals surface area contributed by atoms with Crippen LogP contribution < -0.4 is 10.9 Å². The van der Waals surface area contributed by atoms with Crippen LogP contribution in [0.5, 0.6) is 0 Å². The fourth-order valence-corrected chi connectivity index (χ4v) is 2.60. The Hall–Kier alpha value is -2.16. The molecule has 2 rings (SSSR count). The average Bonchev–Trinajstić information content (AvgIpc) is 2.48. The minimum Gasteiger partial charge on any atom is -0.332 e. The molecule has 0 radical (unpaired) electrons. The molecule has 0 spiro atoms. The smallest absolute Gasteiger partial charge is 0.272 e. The number of amides is 1. The van der Waals surface area contributed by atoms with Crippen molar-refractivity contribution in [2.45, 2.75) is 44.6 Å². The van der Waals surface area contributed by atoms with Crippen LogP contribution in [0, 0.1) is 17.2 Å². The summed E-state index contributed by atoms with van der Waals surface area (Å²) in [6, 6.07) is 4.85. The zero-order chi connectivity index (χ0) is 14.6. The van der Waals surface area contributed by atoms with Crippen molar-refractivity contribution in [1.82, 2.24) is 15.5 Å². The maximum atomic E-state index is 12.1. The highest BCUT2D eigenvalue weighted by molar-refractivity contribution is 5.92. The lowest BCUT2D eigenvalue weighted by molar-refractivity contribution is 0.0885. The van der Waals surface area contributed by atoms with Gasteiger partial charge in [0.1, 0.15) is 11.2 Å². The van der Waals surface area contributed by atoms with E-state index in [1.54, 1.807) is 0 Å². The summed E-state index contributed by atoms with van der Waals surface area (Å²) in [5.74, 6) is 0.220. The van der Waals surface area contributed by atoms with Crippen molar-refractivity contribution in [3.63, 3.8) is 0 Å². The lowest BCUT2D eigenvalue weighted by Gasteiger charge is -2.35. The maximum Gasteiger partial charge on any atom is 0.272 e. The van der Waals surface area contributed by atoms with Crippen LogP contribution >= 0.6 is 0 Å². The van der Waals surface area contributed by atoms with Gasteiger partial charge in [-0.15, -0.1) is 0 Å². The molecule has 1 saturated carbocycles. The van der Waals surface area contributed by atoms with Gasteiger partial charge >= 0.3 is 0 Å². The van der Waals surface area contributed by atoms with Crippen molar-refractivity contribution in [1.29, 1.82) is 5.26 Å². The van der Waals surface area contributed by atoms with Gasteiger partial charge in [0.25, 0.3) is 11.5 Å². The Balaban J connectivity index is 2.07. The van der Waals surface area contributed by atoms with Crippen LogP contribution in [0.15, 0.2) is 16.9 Å². The van der Waals surface area contributed by atoms with Gasteiger partial charge in [-0.2, -0.15) is 10.4 Å². The number of nitriles is 1. The molecule has 0 aliphatic heterocycles. The first-order chi connectivity index (χ1) is 9.58. The monoisotopic (exact) mass is 274 g/mol. The summed E-state index contributed by atoms with van der Waals surface area (Å²) in [5, 5.41) is 18.1. The summed E-state index contributed by atoms with van der Waals surface area (Å²) in [5.41, 5.74) is -1.04. The fraction of sp³-hybridized carbons (Fsp3) is 0.571. The molecule has 1 aromatic rings. The van der Waals surface area contributed by atoms with E-state index in [0.717, 1.165) is 19.3 Å². The van der Waals surface area contributed by atoms with Gasteiger partial charge in [-0.1, -0.05) is 13.3 Å². The number of carbonyl (C=O) groups is 1. The van der Waals surface area contributed by atoms with E-state index in [-0.39, 0.29) is 11.3 Å². The third-order valence-electron chi connectivity index (χ3n) is 4.01. The number of nitrogens with zero attached hydrogens (tertiary/aromatic N) is 2. The quantitative estimate of drug-likeness (QED) is 0.869. The van der Waals surface area contributed by atoms with E-state index in [4.69, 9.17) is 0 Å². The van der Waals surface area contributed by atoms with E-state index in [9.17, 15) is 14.9 Å². The van der Waals surface area contributed by atoms with E-state index in [2.05, 4.69) is 28.5 Å².